The topological polar surface area (TPSA) is 58.8 Å². The molecule has 2 aromatic rings. The first-order valence-electron chi connectivity index (χ1n) is 8.89. The van der Waals surface area contributed by atoms with E-state index < -0.39 is 0 Å². The average Bonchev–Trinajstić information content (AvgIpc) is 3.33. The van der Waals surface area contributed by atoms with Gasteiger partial charge in [-0.25, -0.2) is 4.39 Å². The summed E-state index contributed by atoms with van der Waals surface area (Å²) in [5, 5.41) is 3.60. The zero-order valence-electron chi connectivity index (χ0n) is 14.7. The number of hydrogen-bond donors (Lipinski definition) is 0. The zero-order valence-corrected chi connectivity index (χ0v) is 14.7. The maximum absolute atomic E-state index is 13.1. The van der Waals surface area contributed by atoms with E-state index in [9.17, 15) is 9.18 Å². The highest BCUT2D eigenvalue weighted by Gasteiger charge is 2.44. The predicted octanol–water partition coefficient (Wildman–Crippen LogP) is 2.71. The van der Waals surface area contributed by atoms with Crippen molar-refractivity contribution < 1.29 is 18.4 Å². The molecule has 4 rings (SSSR count). The van der Waals surface area contributed by atoms with Gasteiger partial charge in [0.2, 0.25) is 5.76 Å². The Morgan fingerprint density at radius 2 is 2.00 bits per heavy atom. The van der Waals surface area contributed by atoms with Gasteiger partial charge in [0, 0.05) is 31.9 Å². The Morgan fingerprint density at radius 1 is 1.27 bits per heavy atom. The molecule has 0 saturated carbocycles. The Hall–Kier alpha value is -2.41. The predicted molar refractivity (Wildman–Crippen MR) is 93.5 cm³/mol. The van der Waals surface area contributed by atoms with Crippen LogP contribution in [0.4, 0.5) is 10.1 Å². The lowest BCUT2D eigenvalue weighted by molar-refractivity contribution is -0.0393. The molecular weight excluding hydrogens is 337 g/mol. The summed E-state index contributed by atoms with van der Waals surface area (Å²) in [6.07, 6.45) is 4.00. The number of nitrogens with zero attached hydrogens (tertiary/aromatic N) is 3. The van der Waals surface area contributed by atoms with Crippen LogP contribution in [0.3, 0.4) is 0 Å². The van der Waals surface area contributed by atoms with Crippen molar-refractivity contribution in [1.82, 2.24) is 10.1 Å². The summed E-state index contributed by atoms with van der Waals surface area (Å²) < 4.78 is 24.3. The molecule has 26 heavy (non-hydrogen) atoms. The standard InChI is InChI=1S/C19H22FN3O3/c1-22(15-4-2-14(20)3-5-15)16-12-19(25-13-16)7-10-23(11-8-19)18(24)17-6-9-21-26-17/h2-6,9,16H,7-8,10-13H2,1H3. The van der Waals surface area contributed by atoms with Gasteiger partial charge < -0.3 is 19.1 Å². The highest BCUT2D eigenvalue weighted by molar-refractivity contribution is 5.91. The molecule has 6 nitrogen and oxygen atoms in total. The minimum absolute atomic E-state index is 0.115. The molecular formula is C19H22FN3O3. The molecule has 3 heterocycles. The van der Waals surface area contributed by atoms with Gasteiger partial charge in [0.15, 0.2) is 0 Å². The van der Waals surface area contributed by atoms with E-state index in [1.54, 1.807) is 23.1 Å². The van der Waals surface area contributed by atoms with Crippen LogP contribution in [0, 0.1) is 5.82 Å². The van der Waals surface area contributed by atoms with Crippen LogP contribution in [0.25, 0.3) is 0 Å². The molecule has 1 amide bonds. The van der Waals surface area contributed by atoms with Crippen molar-refractivity contribution in [1.29, 1.82) is 0 Å². The minimum Gasteiger partial charge on any atom is -0.373 e. The molecule has 2 aliphatic rings. The van der Waals surface area contributed by atoms with E-state index >= 15 is 0 Å². The van der Waals surface area contributed by atoms with Crippen LogP contribution in [0.1, 0.15) is 29.8 Å². The lowest BCUT2D eigenvalue weighted by Crippen LogP contribution is -2.47. The molecule has 0 aliphatic carbocycles. The normalized spacial score (nSPS) is 21.9. The van der Waals surface area contributed by atoms with Crippen LogP contribution in [-0.2, 0) is 4.74 Å². The van der Waals surface area contributed by atoms with Crippen LogP contribution in [-0.4, -0.2) is 54.4 Å². The zero-order chi connectivity index (χ0) is 18.1. The molecule has 0 radical (unpaired) electrons. The summed E-state index contributed by atoms with van der Waals surface area (Å²) in [4.78, 5) is 16.3. The third-order valence-electron chi connectivity index (χ3n) is 5.58. The summed E-state index contributed by atoms with van der Waals surface area (Å²) in [7, 11) is 2.02. The molecule has 138 valence electrons. The fraction of sp³-hybridized carbons (Fsp3) is 0.474. The van der Waals surface area contributed by atoms with Crippen LogP contribution in [0.2, 0.25) is 0 Å². The van der Waals surface area contributed by atoms with Crippen molar-refractivity contribution >= 4 is 11.6 Å². The number of carbonyl (C=O) groups excluding carboxylic acids is 1. The van der Waals surface area contributed by atoms with Crippen LogP contribution >= 0.6 is 0 Å². The van der Waals surface area contributed by atoms with Gasteiger partial charge in [0.05, 0.1) is 24.4 Å². The van der Waals surface area contributed by atoms with Crippen LogP contribution in [0.15, 0.2) is 41.1 Å². The van der Waals surface area contributed by atoms with Crippen molar-refractivity contribution in [2.24, 2.45) is 0 Å². The molecule has 1 unspecified atom stereocenters. The molecule has 1 aromatic carbocycles. The SMILES string of the molecule is CN(c1ccc(F)cc1)C1COC2(CCN(C(=O)c3ccno3)CC2)C1. The van der Waals surface area contributed by atoms with E-state index in [2.05, 4.69) is 10.1 Å². The summed E-state index contributed by atoms with van der Waals surface area (Å²) in [6, 6.07) is 8.37. The first kappa shape index (κ1) is 17.0. The van der Waals surface area contributed by atoms with Gasteiger partial charge in [-0.1, -0.05) is 5.16 Å². The average molecular weight is 359 g/mol. The van der Waals surface area contributed by atoms with Gasteiger partial charge >= 0.3 is 0 Å². The molecule has 1 aromatic heterocycles. The molecule has 2 aliphatic heterocycles. The Morgan fingerprint density at radius 3 is 2.65 bits per heavy atom. The van der Waals surface area contributed by atoms with Gasteiger partial charge in [-0.3, -0.25) is 4.79 Å². The number of aromatic nitrogens is 1. The molecule has 1 atom stereocenters. The molecule has 1 spiro atoms. The number of ether oxygens (including phenoxy) is 1. The lowest BCUT2D eigenvalue weighted by Gasteiger charge is -2.38. The number of benzene rings is 1. The van der Waals surface area contributed by atoms with Crippen molar-refractivity contribution in [3.05, 3.63) is 48.1 Å². The Labute approximate surface area is 151 Å². The van der Waals surface area contributed by atoms with Crippen LogP contribution in [0.5, 0.6) is 0 Å². The largest absolute Gasteiger partial charge is 0.373 e. The second-order valence-electron chi connectivity index (χ2n) is 7.11. The number of amides is 1. The molecule has 2 saturated heterocycles. The highest BCUT2D eigenvalue weighted by Crippen LogP contribution is 2.38. The van der Waals surface area contributed by atoms with Crippen molar-refractivity contribution in [2.45, 2.75) is 30.9 Å². The number of piperidine rings is 1. The van der Waals surface area contributed by atoms with E-state index in [1.807, 2.05) is 7.05 Å². The molecule has 7 heteroatoms. The van der Waals surface area contributed by atoms with E-state index in [1.165, 1.54) is 18.3 Å². The maximum Gasteiger partial charge on any atom is 0.292 e. The second-order valence-corrected chi connectivity index (χ2v) is 7.11. The Balaban J connectivity index is 1.36. The van der Waals surface area contributed by atoms with Gasteiger partial charge in [-0.2, -0.15) is 0 Å². The van der Waals surface area contributed by atoms with E-state index in [0.29, 0.717) is 19.7 Å². The number of likely N-dealkylation sites (N-methyl/N-ethyl adjacent to an activating group) is 1. The van der Waals surface area contributed by atoms with Gasteiger partial charge in [-0.15, -0.1) is 0 Å². The second kappa shape index (κ2) is 6.72. The quantitative estimate of drug-likeness (QED) is 0.843. The number of anilines is 1. The third-order valence-corrected chi connectivity index (χ3v) is 5.58. The minimum atomic E-state index is -0.231. The smallest absolute Gasteiger partial charge is 0.292 e. The summed E-state index contributed by atoms with van der Waals surface area (Å²) >= 11 is 0. The molecule has 2 fully saturated rings. The van der Waals surface area contributed by atoms with E-state index in [4.69, 9.17) is 9.26 Å². The Bertz CT molecular complexity index is 755. The molecule has 0 N–H and O–H groups in total. The Kier molecular flexibility index (Phi) is 4.40. The fourth-order valence-corrected chi connectivity index (χ4v) is 3.90. The summed E-state index contributed by atoms with van der Waals surface area (Å²) in [5.41, 5.74) is 0.798. The van der Waals surface area contributed by atoms with E-state index in [-0.39, 0.29) is 29.1 Å². The van der Waals surface area contributed by atoms with Crippen molar-refractivity contribution in [3.8, 4) is 0 Å². The number of likely N-dealkylation sites (tertiary alicyclic amines) is 1. The number of carbonyl (C=O) groups is 1. The van der Waals surface area contributed by atoms with Crippen molar-refractivity contribution in [3.63, 3.8) is 0 Å². The summed E-state index contributed by atoms with van der Waals surface area (Å²) in [5.74, 6) is -0.0670. The highest BCUT2D eigenvalue weighted by atomic mass is 19.1. The van der Waals surface area contributed by atoms with Gasteiger partial charge in [-0.05, 0) is 43.5 Å². The van der Waals surface area contributed by atoms with Crippen LogP contribution < -0.4 is 4.90 Å². The number of halogens is 1. The molecule has 0 bridgehead atoms. The van der Waals surface area contributed by atoms with Gasteiger partial charge in [0.1, 0.15) is 5.82 Å². The first-order valence-corrected chi connectivity index (χ1v) is 8.89. The van der Waals surface area contributed by atoms with Gasteiger partial charge in [0.25, 0.3) is 5.91 Å². The third kappa shape index (κ3) is 3.19. The lowest BCUT2D eigenvalue weighted by atomic mass is 9.87. The maximum atomic E-state index is 13.1. The van der Waals surface area contributed by atoms with E-state index in [0.717, 1.165) is 24.9 Å². The number of hydrogen-bond acceptors (Lipinski definition) is 5. The number of rotatable bonds is 3. The fourth-order valence-electron chi connectivity index (χ4n) is 3.90. The summed E-state index contributed by atoms with van der Waals surface area (Å²) in [6.45, 7) is 1.93. The van der Waals surface area contributed by atoms with Crippen molar-refractivity contribution in [2.75, 3.05) is 31.6 Å². The monoisotopic (exact) mass is 359 g/mol. The first-order chi connectivity index (χ1) is 12.6.